The number of hydrogen-bond donors (Lipinski definition) is 0. The van der Waals surface area contributed by atoms with Crippen LogP contribution >= 0.6 is 15.9 Å². The first-order chi connectivity index (χ1) is 8.72. The lowest BCUT2D eigenvalue weighted by Crippen LogP contribution is -1.90. The van der Waals surface area contributed by atoms with Crippen molar-refractivity contribution >= 4 is 15.9 Å². The first-order valence-corrected chi connectivity index (χ1v) is 6.37. The van der Waals surface area contributed by atoms with Crippen molar-refractivity contribution < 1.29 is 9.13 Å². The fraction of sp³-hybridized carbons (Fsp3) is 0.0714. The van der Waals surface area contributed by atoms with Crippen molar-refractivity contribution in [1.29, 1.82) is 5.26 Å². The largest absolute Gasteiger partial charge is 0.456 e. The van der Waals surface area contributed by atoms with E-state index in [1.807, 2.05) is 6.07 Å². The van der Waals surface area contributed by atoms with E-state index in [4.69, 9.17) is 10.00 Å². The van der Waals surface area contributed by atoms with Gasteiger partial charge in [0.15, 0.2) is 0 Å². The van der Waals surface area contributed by atoms with Crippen LogP contribution in [-0.4, -0.2) is 0 Å². The van der Waals surface area contributed by atoms with E-state index in [2.05, 4.69) is 22.0 Å². The van der Waals surface area contributed by atoms with Gasteiger partial charge in [-0.15, -0.1) is 0 Å². The van der Waals surface area contributed by atoms with Crippen molar-refractivity contribution in [1.82, 2.24) is 0 Å². The summed E-state index contributed by atoms with van der Waals surface area (Å²) >= 11 is 3.32. The van der Waals surface area contributed by atoms with Crippen LogP contribution in [0.3, 0.4) is 0 Å². The van der Waals surface area contributed by atoms with Gasteiger partial charge in [-0.1, -0.05) is 28.1 Å². The van der Waals surface area contributed by atoms with Gasteiger partial charge >= 0.3 is 0 Å². The lowest BCUT2D eigenvalue weighted by molar-refractivity contribution is 0.475. The minimum absolute atomic E-state index is 0.372. The molecule has 0 aliphatic rings. The average Bonchev–Trinajstić information content (AvgIpc) is 2.39. The number of nitriles is 1. The Morgan fingerprint density at radius 3 is 2.72 bits per heavy atom. The molecule has 90 valence electrons. The third kappa shape index (κ3) is 2.88. The number of hydrogen-bond acceptors (Lipinski definition) is 2. The fourth-order valence-electron chi connectivity index (χ4n) is 1.49. The maximum absolute atomic E-state index is 13.0. The molecule has 0 aliphatic carbocycles. The second-order valence-electron chi connectivity index (χ2n) is 3.64. The van der Waals surface area contributed by atoms with Gasteiger partial charge in [-0.05, 0) is 29.8 Å². The monoisotopic (exact) mass is 305 g/mol. The Balaban J connectivity index is 2.32. The number of rotatable bonds is 3. The minimum atomic E-state index is -0.372. The van der Waals surface area contributed by atoms with Gasteiger partial charge in [0.1, 0.15) is 23.4 Å². The number of alkyl halides is 1. The highest BCUT2D eigenvalue weighted by atomic mass is 79.9. The predicted molar refractivity (Wildman–Crippen MR) is 70.3 cm³/mol. The van der Waals surface area contributed by atoms with E-state index in [0.717, 1.165) is 5.56 Å². The zero-order valence-corrected chi connectivity index (χ0v) is 10.9. The quantitative estimate of drug-likeness (QED) is 0.788. The third-order valence-corrected chi connectivity index (χ3v) is 2.99. The Morgan fingerprint density at radius 1 is 1.22 bits per heavy atom. The van der Waals surface area contributed by atoms with E-state index in [9.17, 15) is 4.39 Å². The summed E-state index contributed by atoms with van der Waals surface area (Å²) in [6.45, 7) is 0. The summed E-state index contributed by atoms with van der Waals surface area (Å²) in [5, 5.41) is 9.72. The zero-order chi connectivity index (χ0) is 13.0. The first kappa shape index (κ1) is 12.6. The molecule has 2 rings (SSSR count). The molecule has 2 aromatic rings. The molecule has 0 radical (unpaired) electrons. The van der Waals surface area contributed by atoms with Gasteiger partial charge in [0, 0.05) is 11.4 Å². The highest BCUT2D eigenvalue weighted by Crippen LogP contribution is 2.26. The second-order valence-corrected chi connectivity index (χ2v) is 4.20. The Labute approximate surface area is 113 Å². The molecule has 0 unspecified atom stereocenters. The molecule has 0 heterocycles. The second kappa shape index (κ2) is 5.65. The number of halogens is 2. The van der Waals surface area contributed by atoms with Gasteiger partial charge in [0.25, 0.3) is 0 Å². The molecule has 18 heavy (non-hydrogen) atoms. The molecular weight excluding hydrogens is 297 g/mol. The third-order valence-electron chi connectivity index (χ3n) is 2.34. The predicted octanol–water partition coefficient (Wildman–Crippen LogP) is 4.38. The summed E-state index contributed by atoms with van der Waals surface area (Å²) < 4.78 is 18.5. The standard InChI is InChI=1S/C14H9BrFNO/c15-8-10-4-5-14(11(6-10)9-17)18-13-3-1-2-12(16)7-13/h1-7H,8H2. The van der Waals surface area contributed by atoms with Crippen LogP contribution < -0.4 is 4.74 Å². The smallest absolute Gasteiger partial charge is 0.145 e. The van der Waals surface area contributed by atoms with E-state index in [1.165, 1.54) is 12.1 Å². The molecule has 0 aliphatic heterocycles. The van der Waals surface area contributed by atoms with Crippen LogP contribution in [0.5, 0.6) is 11.5 Å². The zero-order valence-electron chi connectivity index (χ0n) is 9.36. The topological polar surface area (TPSA) is 33.0 Å². The summed E-state index contributed by atoms with van der Waals surface area (Å²) in [6, 6.07) is 13.2. The normalized spacial score (nSPS) is 9.83. The Hall–Kier alpha value is -1.86. The van der Waals surface area contributed by atoms with Gasteiger partial charge in [-0.2, -0.15) is 5.26 Å². The molecule has 0 spiro atoms. The molecule has 0 bridgehead atoms. The van der Waals surface area contributed by atoms with Crippen molar-refractivity contribution in [3.05, 3.63) is 59.4 Å². The lowest BCUT2D eigenvalue weighted by Gasteiger charge is -2.08. The van der Waals surface area contributed by atoms with Crippen LogP contribution in [0.25, 0.3) is 0 Å². The molecule has 0 saturated heterocycles. The number of ether oxygens (including phenoxy) is 1. The van der Waals surface area contributed by atoms with Crippen molar-refractivity contribution in [3.63, 3.8) is 0 Å². The van der Waals surface area contributed by atoms with Crippen LogP contribution in [-0.2, 0) is 5.33 Å². The molecule has 0 saturated carbocycles. The summed E-state index contributed by atoms with van der Waals surface area (Å²) in [5.74, 6) is 0.425. The van der Waals surface area contributed by atoms with E-state index in [1.54, 1.807) is 24.3 Å². The van der Waals surface area contributed by atoms with Crippen LogP contribution in [0.4, 0.5) is 4.39 Å². The van der Waals surface area contributed by atoms with E-state index in [0.29, 0.717) is 22.4 Å². The van der Waals surface area contributed by atoms with Crippen LogP contribution in [0.1, 0.15) is 11.1 Å². The minimum Gasteiger partial charge on any atom is -0.456 e. The molecule has 0 aromatic heterocycles. The molecule has 2 nitrogen and oxygen atoms in total. The Kier molecular flexibility index (Phi) is 3.96. The lowest BCUT2D eigenvalue weighted by atomic mass is 10.1. The highest BCUT2D eigenvalue weighted by Gasteiger charge is 2.06. The summed E-state index contributed by atoms with van der Waals surface area (Å²) in [5.41, 5.74) is 1.41. The molecular formula is C14H9BrFNO. The maximum atomic E-state index is 13.0. The Bertz CT molecular complexity index is 607. The first-order valence-electron chi connectivity index (χ1n) is 5.25. The molecule has 0 amide bonds. The summed E-state index contributed by atoms with van der Waals surface area (Å²) in [7, 11) is 0. The van der Waals surface area contributed by atoms with Crippen LogP contribution in [0.2, 0.25) is 0 Å². The summed E-state index contributed by atoms with van der Waals surface area (Å²) in [4.78, 5) is 0. The molecule has 0 N–H and O–H groups in total. The van der Waals surface area contributed by atoms with Crippen LogP contribution in [0.15, 0.2) is 42.5 Å². The summed E-state index contributed by atoms with van der Waals surface area (Å²) in [6.07, 6.45) is 0. The van der Waals surface area contributed by atoms with Gasteiger partial charge < -0.3 is 4.74 Å². The number of nitrogens with zero attached hydrogens (tertiary/aromatic N) is 1. The molecule has 2 aromatic carbocycles. The van der Waals surface area contributed by atoms with Crippen molar-refractivity contribution in [2.75, 3.05) is 0 Å². The van der Waals surface area contributed by atoms with Crippen molar-refractivity contribution in [2.24, 2.45) is 0 Å². The van der Waals surface area contributed by atoms with Gasteiger partial charge in [0.2, 0.25) is 0 Å². The maximum Gasteiger partial charge on any atom is 0.145 e. The average molecular weight is 306 g/mol. The molecule has 0 fully saturated rings. The van der Waals surface area contributed by atoms with E-state index >= 15 is 0 Å². The van der Waals surface area contributed by atoms with Crippen LogP contribution in [0, 0.1) is 17.1 Å². The van der Waals surface area contributed by atoms with Crippen molar-refractivity contribution in [3.8, 4) is 17.6 Å². The highest BCUT2D eigenvalue weighted by molar-refractivity contribution is 9.08. The Morgan fingerprint density at radius 2 is 2.06 bits per heavy atom. The molecule has 0 atom stereocenters. The molecule has 4 heteroatoms. The number of benzene rings is 2. The fourth-order valence-corrected chi connectivity index (χ4v) is 1.84. The van der Waals surface area contributed by atoms with E-state index < -0.39 is 0 Å². The van der Waals surface area contributed by atoms with Crippen molar-refractivity contribution in [2.45, 2.75) is 5.33 Å². The van der Waals surface area contributed by atoms with Gasteiger partial charge in [-0.3, -0.25) is 0 Å². The van der Waals surface area contributed by atoms with Gasteiger partial charge in [0.05, 0.1) is 5.56 Å². The van der Waals surface area contributed by atoms with E-state index in [-0.39, 0.29) is 5.82 Å². The SMILES string of the molecule is N#Cc1cc(CBr)ccc1Oc1cccc(F)c1. The van der Waals surface area contributed by atoms with Gasteiger partial charge in [-0.25, -0.2) is 4.39 Å².